The summed E-state index contributed by atoms with van der Waals surface area (Å²) < 4.78 is 31.0. The molecule has 0 radical (unpaired) electrons. The second-order valence-corrected chi connectivity index (χ2v) is 10.6. The van der Waals surface area contributed by atoms with Gasteiger partial charge in [0.25, 0.3) is 0 Å². The first-order chi connectivity index (χ1) is 13.9. The van der Waals surface area contributed by atoms with Gasteiger partial charge in [-0.05, 0) is 48.4 Å². The normalized spacial score (nSPS) is 23.8. The van der Waals surface area contributed by atoms with Crippen LogP contribution in [0.5, 0.6) is 5.75 Å². The molecular weight excluding hydrogens is 456 g/mol. The Kier molecular flexibility index (Phi) is 5.68. The summed E-state index contributed by atoms with van der Waals surface area (Å²) in [5.41, 5.74) is 1.88. The highest BCUT2D eigenvalue weighted by molar-refractivity contribution is 9.10. The minimum Gasteiger partial charge on any atom is -0.497 e. The Morgan fingerprint density at radius 2 is 1.69 bits per heavy atom. The molecule has 6 nitrogen and oxygen atoms in total. The molecule has 2 saturated heterocycles. The van der Waals surface area contributed by atoms with Gasteiger partial charge in [-0.15, -0.1) is 0 Å². The molecule has 0 bridgehead atoms. The number of benzene rings is 2. The van der Waals surface area contributed by atoms with Gasteiger partial charge in [0.1, 0.15) is 5.75 Å². The zero-order valence-corrected chi connectivity index (χ0v) is 18.5. The number of piperazine rings is 1. The van der Waals surface area contributed by atoms with Crippen LogP contribution in [0.15, 0.2) is 53.0 Å². The largest absolute Gasteiger partial charge is 0.497 e. The molecule has 4 rings (SSSR count). The summed E-state index contributed by atoms with van der Waals surface area (Å²) in [5.74, 6) is 0.855. The van der Waals surface area contributed by atoms with Crippen LogP contribution in [0.1, 0.15) is 5.56 Å². The standard InChI is InChI=1S/C21H23BrN2O4S/c1-28-18-8-2-15(3-9-18)10-11-23-12-21(25)24(17-6-4-16(22)5-7-17)20-14-29(26,27)13-19(20)23/h2-9,19-20H,10-14H2,1H3/t19-,20-/m0/s1. The molecular formula is C21H23BrN2O4S. The molecule has 0 N–H and O–H groups in total. The maximum absolute atomic E-state index is 13.0. The molecule has 0 aromatic heterocycles. The average molecular weight is 479 g/mol. The number of rotatable bonds is 5. The van der Waals surface area contributed by atoms with E-state index in [0.717, 1.165) is 27.9 Å². The average Bonchev–Trinajstić information content (AvgIpc) is 3.02. The van der Waals surface area contributed by atoms with Gasteiger partial charge in [-0.3, -0.25) is 9.69 Å². The van der Waals surface area contributed by atoms with E-state index in [2.05, 4.69) is 15.9 Å². The molecule has 2 fully saturated rings. The first-order valence-corrected chi connectivity index (χ1v) is 12.1. The molecule has 0 aliphatic carbocycles. The van der Waals surface area contributed by atoms with Gasteiger partial charge >= 0.3 is 0 Å². The van der Waals surface area contributed by atoms with Crippen molar-refractivity contribution in [2.75, 3.05) is 36.6 Å². The molecule has 8 heteroatoms. The Balaban J connectivity index is 1.54. The Hall–Kier alpha value is -1.90. The number of hydrogen-bond acceptors (Lipinski definition) is 5. The highest BCUT2D eigenvalue weighted by Crippen LogP contribution is 2.32. The quantitative estimate of drug-likeness (QED) is 0.660. The second-order valence-electron chi connectivity index (χ2n) is 7.52. The number of carbonyl (C=O) groups excluding carboxylic acids is 1. The smallest absolute Gasteiger partial charge is 0.241 e. The zero-order valence-electron chi connectivity index (χ0n) is 16.1. The van der Waals surface area contributed by atoms with Crippen LogP contribution in [0.4, 0.5) is 5.69 Å². The second kappa shape index (κ2) is 8.08. The monoisotopic (exact) mass is 478 g/mol. The zero-order chi connectivity index (χ0) is 20.6. The van der Waals surface area contributed by atoms with Gasteiger partial charge in [0, 0.05) is 22.7 Å². The summed E-state index contributed by atoms with van der Waals surface area (Å²) in [6, 6.07) is 14.8. The van der Waals surface area contributed by atoms with Crippen molar-refractivity contribution in [2.24, 2.45) is 0 Å². The van der Waals surface area contributed by atoms with Crippen LogP contribution in [0, 0.1) is 0 Å². The van der Waals surface area contributed by atoms with Crippen molar-refractivity contribution >= 4 is 37.4 Å². The van der Waals surface area contributed by atoms with E-state index in [9.17, 15) is 13.2 Å². The molecule has 2 aliphatic rings. The topological polar surface area (TPSA) is 66.9 Å². The number of carbonyl (C=O) groups is 1. The fourth-order valence-corrected chi connectivity index (χ4v) is 6.45. The van der Waals surface area contributed by atoms with Crippen molar-refractivity contribution in [3.63, 3.8) is 0 Å². The van der Waals surface area contributed by atoms with E-state index in [1.54, 1.807) is 12.0 Å². The van der Waals surface area contributed by atoms with E-state index >= 15 is 0 Å². The fraction of sp³-hybridized carbons (Fsp3) is 0.381. The molecule has 29 heavy (non-hydrogen) atoms. The number of fused-ring (bicyclic) bond motifs is 1. The van der Waals surface area contributed by atoms with Gasteiger partial charge in [-0.25, -0.2) is 8.42 Å². The lowest BCUT2D eigenvalue weighted by atomic mass is 10.0. The van der Waals surface area contributed by atoms with E-state index in [1.165, 1.54) is 0 Å². The van der Waals surface area contributed by atoms with Crippen LogP contribution >= 0.6 is 15.9 Å². The number of methoxy groups -OCH3 is 1. The van der Waals surface area contributed by atoms with Crippen molar-refractivity contribution in [3.05, 3.63) is 58.6 Å². The third-order valence-corrected chi connectivity index (χ3v) is 7.88. The van der Waals surface area contributed by atoms with Crippen LogP contribution in [-0.2, 0) is 21.1 Å². The number of halogens is 1. The highest BCUT2D eigenvalue weighted by atomic mass is 79.9. The summed E-state index contributed by atoms with van der Waals surface area (Å²) in [7, 11) is -1.56. The third kappa shape index (κ3) is 4.34. The van der Waals surface area contributed by atoms with Gasteiger partial charge in [0.05, 0.1) is 31.2 Å². The minimum atomic E-state index is -3.19. The Morgan fingerprint density at radius 1 is 1.03 bits per heavy atom. The van der Waals surface area contributed by atoms with Gasteiger partial charge in [0.2, 0.25) is 5.91 Å². The van der Waals surface area contributed by atoms with Gasteiger partial charge in [-0.2, -0.15) is 0 Å². The lowest BCUT2D eigenvalue weighted by molar-refractivity contribution is -0.123. The van der Waals surface area contributed by atoms with E-state index in [4.69, 9.17) is 4.74 Å². The molecule has 0 spiro atoms. The first-order valence-electron chi connectivity index (χ1n) is 9.51. The maximum Gasteiger partial charge on any atom is 0.241 e. The summed E-state index contributed by atoms with van der Waals surface area (Å²) in [6.07, 6.45) is 0.749. The van der Waals surface area contributed by atoms with Crippen molar-refractivity contribution in [1.82, 2.24) is 4.90 Å². The lowest BCUT2D eigenvalue weighted by Crippen LogP contribution is -2.62. The first kappa shape index (κ1) is 20.4. The summed E-state index contributed by atoms with van der Waals surface area (Å²) >= 11 is 3.40. The van der Waals surface area contributed by atoms with Gasteiger partial charge in [0.15, 0.2) is 9.84 Å². The van der Waals surface area contributed by atoms with Gasteiger partial charge < -0.3 is 9.64 Å². The number of anilines is 1. The van der Waals surface area contributed by atoms with E-state index in [1.807, 2.05) is 53.4 Å². The van der Waals surface area contributed by atoms with Crippen LogP contribution < -0.4 is 9.64 Å². The molecule has 154 valence electrons. The number of ether oxygens (including phenoxy) is 1. The molecule has 2 aromatic carbocycles. The van der Waals surface area contributed by atoms with Gasteiger partial charge in [-0.1, -0.05) is 28.1 Å². The third-order valence-electron chi connectivity index (χ3n) is 5.65. The maximum atomic E-state index is 13.0. The SMILES string of the molecule is COc1ccc(CCN2CC(=O)N(c3ccc(Br)cc3)[C@H]3CS(=O)(=O)C[C@@H]32)cc1. The molecule has 0 unspecified atom stereocenters. The van der Waals surface area contributed by atoms with Crippen LogP contribution in [0.25, 0.3) is 0 Å². The molecule has 2 heterocycles. The fourth-order valence-electron chi connectivity index (χ4n) is 4.20. The van der Waals surface area contributed by atoms with E-state index in [-0.39, 0.29) is 36.0 Å². The number of nitrogens with zero attached hydrogens (tertiary/aromatic N) is 2. The predicted molar refractivity (Wildman–Crippen MR) is 116 cm³/mol. The molecule has 1 amide bonds. The Bertz CT molecular complexity index is 992. The van der Waals surface area contributed by atoms with Crippen LogP contribution in [0.2, 0.25) is 0 Å². The molecule has 0 saturated carbocycles. The number of hydrogen-bond donors (Lipinski definition) is 0. The summed E-state index contributed by atoms with van der Waals surface area (Å²) in [6.45, 7) is 0.867. The predicted octanol–water partition coefficient (Wildman–Crippen LogP) is 2.51. The molecule has 2 atom stereocenters. The summed E-state index contributed by atoms with van der Waals surface area (Å²) in [5, 5.41) is 0. The Labute approximate surface area is 179 Å². The van der Waals surface area contributed by atoms with Crippen LogP contribution in [0.3, 0.4) is 0 Å². The number of sulfone groups is 1. The molecule has 2 aromatic rings. The number of amides is 1. The lowest BCUT2D eigenvalue weighted by Gasteiger charge is -2.43. The Morgan fingerprint density at radius 3 is 2.34 bits per heavy atom. The minimum absolute atomic E-state index is 0.0124. The molecule has 2 aliphatic heterocycles. The van der Waals surface area contributed by atoms with E-state index in [0.29, 0.717) is 6.54 Å². The van der Waals surface area contributed by atoms with Crippen molar-refractivity contribution in [1.29, 1.82) is 0 Å². The van der Waals surface area contributed by atoms with Crippen molar-refractivity contribution < 1.29 is 17.9 Å². The van der Waals surface area contributed by atoms with Crippen LogP contribution in [-0.4, -0.2) is 63.0 Å². The highest BCUT2D eigenvalue weighted by Gasteiger charge is 2.49. The summed E-state index contributed by atoms with van der Waals surface area (Å²) in [4.78, 5) is 16.7. The van der Waals surface area contributed by atoms with Crippen molar-refractivity contribution in [2.45, 2.75) is 18.5 Å². The van der Waals surface area contributed by atoms with Crippen molar-refractivity contribution in [3.8, 4) is 5.75 Å². The van der Waals surface area contributed by atoms with E-state index < -0.39 is 9.84 Å².